The lowest BCUT2D eigenvalue weighted by Crippen LogP contribution is -2.46. The summed E-state index contributed by atoms with van der Waals surface area (Å²) in [7, 11) is -2.32. The van der Waals surface area contributed by atoms with E-state index in [1.165, 1.54) is 23.5 Å². The van der Waals surface area contributed by atoms with Crippen LogP contribution in [0, 0.1) is 5.92 Å². The molecule has 0 heterocycles. The fourth-order valence-corrected chi connectivity index (χ4v) is 6.86. The van der Waals surface area contributed by atoms with Crippen LogP contribution in [0.1, 0.15) is 36.8 Å². The van der Waals surface area contributed by atoms with E-state index in [0.29, 0.717) is 25.3 Å². The Morgan fingerprint density at radius 3 is 2.10 bits per heavy atom. The number of rotatable bonds is 14. The zero-order chi connectivity index (χ0) is 28.4. The summed E-state index contributed by atoms with van der Waals surface area (Å²) >= 11 is 0. The van der Waals surface area contributed by atoms with Gasteiger partial charge in [0.1, 0.15) is 5.75 Å². The van der Waals surface area contributed by atoms with Gasteiger partial charge >= 0.3 is 0 Å². The molecule has 1 fully saturated rings. The van der Waals surface area contributed by atoms with Crippen LogP contribution in [0.5, 0.6) is 5.75 Å². The molecule has 40 heavy (non-hydrogen) atoms. The van der Waals surface area contributed by atoms with E-state index in [2.05, 4.69) is 0 Å². The van der Waals surface area contributed by atoms with Gasteiger partial charge in [0.15, 0.2) is 0 Å². The van der Waals surface area contributed by atoms with E-state index < -0.39 is 16.1 Å². The summed E-state index contributed by atoms with van der Waals surface area (Å²) in [5.41, 5.74) is 2.00. The number of hydrogen-bond acceptors (Lipinski definition) is 5. The number of benzene rings is 3. The number of carbonyl (C=O) groups excluding carboxylic acids is 1. The normalized spacial score (nSPS) is 14.8. The van der Waals surface area contributed by atoms with Gasteiger partial charge in [0.2, 0.25) is 15.9 Å². The number of hydrogen-bond donors (Lipinski definition) is 1. The summed E-state index contributed by atoms with van der Waals surface area (Å²) < 4.78 is 34.0. The molecular formula is C32H40N2O5S. The van der Waals surface area contributed by atoms with Gasteiger partial charge in [0, 0.05) is 26.2 Å². The minimum Gasteiger partial charge on any atom is -0.497 e. The highest BCUT2D eigenvalue weighted by molar-refractivity contribution is 7.89. The first-order chi connectivity index (χ1) is 19.3. The quantitative estimate of drug-likeness (QED) is 0.310. The summed E-state index contributed by atoms with van der Waals surface area (Å²) in [5, 5.41) is 11.2. The number of aliphatic hydroxyl groups excluding tert-OH is 1. The second kappa shape index (κ2) is 14.4. The fraction of sp³-hybridized carbons (Fsp3) is 0.406. The maximum Gasteiger partial charge on any atom is 0.243 e. The van der Waals surface area contributed by atoms with Gasteiger partial charge in [0.05, 0.1) is 24.5 Å². The van der Waals surface area contributed by atoms with Crippen molar-refractivity contribution in [2.24, 2.45) is 5.92 Å². The molecule has 1 aliphatic carbocycles. The number of ether oxygens (including phenoxy) is 1. The van der Waals surface area contributed by atoms with E-state index in [1.807, 2.05) is 60.7 Å². The maximum atomic E-state index is 13.7. The van der Waals surface area contributed by atoms with Crippen LogP contribution in [0.3, 0.4) is 0 Å². The Kier molecular flexibility index (Phi) is 10.7. The first kappa shape index (κ1) is 29.8. The molecule has 0 spiro atoms. The van der Waals surface area contributed by atoms with Gasteiger partial charge in [-0.2, -0.15) is 4.31 Å². The predicted octanol–water partition coefficient (Wildman–Crippen LogP) is 4.55. The van der Waals surface area contributed by atoms with Crippen LogP contribution in [-0.4, -0.2) is 68.0 Å². The monoisotopic (exact) mass is 564 g/mol. The predicted molar refractivity (Wildman–Crippen MR) is 157 cm³/mol. The summed E-state index contributed by atoms with van der Waals surface area (Å²) in [4.78, 5) is 15.2. The van der Waals surface area contributed by atoms with Crippen LogP contribution in [0.4, 0.5) is 0 Å². The largest absolute Gasteiger partial charge is 0.497 e. The highest BCUT2D eigenvalue weighted by atomic mass is 32.2. The van der Waals surface area contributed by atoms with E-state index >= 15 is 0 Å². The Hall–Kier alpha value is -3.20. The van der Waals surface area contributed by atoms with Crippen molar-refractivity contribution in [1.29, 1.82) is 0 Å². The average molecular weight is 565 g/mol. The molecule has 214 valence electrons. The first-order valence-corrected chi connectivity index (χ1v) is 15.5. The molecule has 3 aromatic carbocycles. The van der Waals surface area contributed by atoms with Crippen LogP contribution in [0.2, 0.25) is 0 Å². The van der Waals surface area contributed by atoms with Gasteiger partial charge in [-0.25, -0.2) is 8.42 Å². The fourth-order valence-electron chi connectivity index (χ4n) is 5.30. The minimum atomic E-state index is -3.85. The molecule has 7 nitrogen and oxygen atoms in total. The van der Waals surface area contributed by atoms with E-state index in [4.69, 9.17) is 4.74 Å². The Morgan fingerprint density at radius 2 is 1.50 bits per heavy atom. The second-order valence-electron chi connectivity index (χ2n) is 10.5. The molecule has 1 amide bonds. The summed E-state index contributed by atoms with van der Waals surface area (Å²) in [6.07, 6.45) is 3.95. The molecule has 4 rings (SSSR count). The van der Waals surface area contributed by atoms with Crippen molar-refractivity contribution in [1.82, 2.24) is 9.21 Å². The SMILES string of the molecule is COc1ccc(S(=O)(=O)N(CC2CCCC2)C[C@@H](O)CN(CCc2ccccc2)C(=O)Cc2ccccc2)cc1. The molecular weight excluding hydrogens is 524 g/mol. The van der Waals surface area contributed by atoms with Crippen molar-refractivity contribution in [2.45, 2.75) is 49.5 Å². The molecule has 1 saturated carbocycles. The lowest BCUT2D eigenvalue weighted by atomic mass is 10.1. The van der Waals surface area contributed by atoms with Crippen molar-refractivity contribution >= 4 is 15.9 Å². The third-order valence-corrected chi connectivity index (χ3v) is 9.39. The van der Waals surface area contributed by atoms with Crippen LogP contribution in [0.25, 0.3) is 0 Å². The zero-order valence-electron chi connectivity index (χ0n) is 23.2. The van der Waals surface area contributed by atoms with Crippen molar-refractivity contribution < 1.29 is 23.1 Å². The van der Waals surface area contributed by atoms with Gasteiger partial charge < -0.3 is 14.7 Å². The topological polar surface area (TPSA) is 87.2 Å². The molecule has 0 aromatic heterocycles. The first-order valence-electron chi connectivity index (χ1n) is 14.0. The Balaban J connectivity index is 1.50. The van der Waals surface area contributed by atoms with E-state index in [0.717, 1.165) is 36.8 Å². The summed E-state index contributed by atoms with van der Waals surface area (Å²) in [6, 6.07) is 25.8. The van der Waals surface area contributed by atoms with Crippen LogP contribution in [-0.2, 0) is 27.7 Å². The highest BCUT2D eigenvalue weighted by Crippen LogP contribution is 2.28. The lowest BCUT2D eigenvalue weighted by molar-refractivity contribution is -0.132. The third-order valence-electron chi connectivity index (χ3n) is 7.54. The minimum absolute atomic E-state index is 0.0534. The Bertz CT molecular complexity index is 1290. The van der Waals surface area contributed by atoms with E-state index in [-0.39, 0.29) is 36.2 Å². The molecule has 0 bridgehead atoms. The second-order valence-corrected chi connectivity index (χ2v) is 12.5. The smallest absolute Gasteiger partial charge is 0.243 e. The average Bonchev–Trinajstić information content (AvgIpc) is 3.49. The van der Waals surface area contributed by atoms with Crippen LogP contribution >= 0.6 is 0 Å². The number of methoxy groups -OCH3 is 1. The van der Waals surface area contributed by atoms with Gasteiger partial charge in [-0.3, -0.25) is 4.79 Å². The molecule has 8 heteroatoms. The van der Waals surface area contributed by atoms with Gasteiger partial charge in [-0.15, -0.1) is 0 Å². The number of nitrogens with zero attached hydrogens (tertiary/aromatic N) is 2. The molecule has 0 unspecified atom stereocenters. The summed E-state index contributed by atoms with van der Waals surface area (Å²) in [6.45, 7) is 0.761. The molecule has 1 aliphatic rings. The van der Waals surface area contributed by atoms with Crippen molar-refractivity contribution in [3.8, 4) is 5.75 Å². The lowest BCUT2D eigenvalue weighted by Gasteiger charge is -2.30. The van der Waals surface area contributed by atoms with Gasteiger partial charge in [-0.05, 0) is 60.6 Å². The van der Waals surface area contributed by atoms with E-state index in [1.54, 1.807) is 17.0 Å². The van der Waals surface area contributed by atoms with E-state index in [9.17, 15) is 18.3 Å². The summed E-state index contributed by atoms with van der Waals surface area (Å²) in [5.74, 6) is 0.739. The van der Waals surface area contributed by atoms with Crippen molar-refractivity contribution in [3.63, 3.8) is 0 Å². The number of aliphatic hydroxyl groups is 1. The number of carbonyl (C=O) groups is 1. The maximum absolute atomic E-state index is 13.7. The van der Waals surface area contributed by atoms with Gasteiger partial charge in [-0.1, -0.05) is 73.5 Å². The Morgan fingerprint density at radius 1 is 0.900 bits per heavy atom. The molecule has 1 atom stereocenters. The van der Waals surface area contributed by atoms with Gasteiger partial charge in [0.25, 0.3) is 0 Å². The van der Waals surface area contributed by atoms with Crippen molar-refractivity contribution in [3.05, 3.63) is 96.1 Å². The van der Waals surface area contributed by atoms with Crippen LogP contribution in [0.15, 0.2) is 89.8 Å². The standard InChI is InChI=1S/C32H40N2O5S/c1-39-30-16-18-31(19-17-30)40(37,38)34(23-28-14-8-9-15-28)25-29(35)24-33(21-20-26-10-4-2-5-11-26)32(36)22-27-12-6-3-7-13-27/h2-7,10-13,16-19,28-29,35H,8-9,14-15,20-25H2,1H3/t29-/m0/s1. The molecule has 0 saturated heterocycles. The molecule has 3 aromatic rings. The highest BCUT2D eigenvalue weighted by Gasteiger charge is 2.31. The molecule has 0 aliphatic heterocycles. The molecule has 0 radical (unpaired) electrons. The molecule has 1 N–H and O–H groups in total. The number of amides is 1. The number of sulfonamides is 1. The zero-order valence-corrected chi connectivity index (χ0v) is 24.0. The van der Waals surface area contributed by atoms with Crippen LogP contribution < -0.4 is 4.74 Å². The third kappa shape index (κ3) is 8.40. The van der Waals surface area contributed by atoms with Crippen molar-refractivity contribution in [2.75, 3.05) is 33.3 Å². The Labute approximate surface area is 238 Å².